The highest BCUT2D eigenvalue weighted by molar-refractivity contribution is 6.33. The lowest BCUT2D eigenvalue weighted by Gasteiger charge is -2.39. The van der Waals surface area contributed by atoms with Gasteiger partial charge in [-0.2, -0.15) is 0 Å². The van der Waals surface area contributed by atoms with Crippen molar-refractivity contribution in [1.82, 2.24) is 15.2 Å². The summed E-state index contributed by atoms with van der Waals surface area (Å²) in [7, 11) is 2.03. The van der Waals surface area contributed by atoms with E-state index in [2.05, 4.69) is 15.2 Å². The zero-order chi connectivity index (χ0) is 13.9. The van der Waals surface area contributed by atoms with Crippen LogP contribution in [0.25, 0.3) is 0 Å². The van der Waals surface area contributed by atoms with Gasteiger partial charge in [0.25, 0.3) is 5.91 Å². The molecular weight excluding hydrogens is 266 g/mol. The first kappa shape index (κ1) is 14.2. The molecule has 5 nitrogen and oxygen atoms in total. The van der Waals surface area contributed by atoms with E-state index >= 15 is 0 Å². The summed E-state index contributed by atoms with van der Waals surface area (Å²) in [5.74, 6) is -0.329. The molecule has 0 saturated carbocycles. The molecule has 0 aromatic carbocycles. The fraction of sp³-hybridized carbons (Fsp3) is 0.538. The van der Waals surface area contributed by atoms with Crippen LogP contribution in [0.1, 0.15) is 23.3 Å². The molecule has 1 aromatic heterocycles. The van der Waals surface area contributed by atoms with Gasteiger partial charge in [0.1, 0.15) is 5.69 Å². The summed E-state index contributed by atoms with van der Waals surface area (Å²) in [5.41, 5.74) is -0.360. The maximum absolute atomic E-state index is 12.2. The quantitative estimate of drug-likeness (QED) is 0.866. The summed E-state index contributed by atoms with van der Waals surface area (Å²) in [4.78, 5) is 18.4. The Bertz CT molecular complexity index is 459. The molecule has 19 heavy (non-hydrogen) atoms. The molecule has 1 aliphatic heterocycles. The number of likely N-dealkylation sites (tertiary alicyclic amines) is 1. The first-order valence-electron chi connectivity index (χ1n) is 6.29. The molecule has 0 spiro atoms. The maximum Gasteiger partial charge on any atom is 0.271 e. The number of nitrogens with one attached hydrogen (secondary N) is 1. The Morgan fingerprint density at radius 3 is 2.84 bits per heavy atom. The second-order valence-corrected chi connectivity index (χ2v) is 5.44. The van der Waals surface area contributed by atoms with Crippen molar-refractivity contribution in [2.75, 3.05) is 26.7 Å². The van der Waals surface area contributed by atoms with E-state index in [1.54, 1.807) is 12.1 Å². The Labute approximate surface area is 117 Å². The van der Waals surface area contributed by atoms with Gasteiger partial charge in [-0.3, -0.25) is 4.79 Å². The number of aromatic nitrogens is 1. The largest absolute Gasteiger partial charge is 0.394 e. The van der Waals surface area contributed by atoms with Crippen molar-refractivity contribution < 1.29 is 9.90 Å². The van der Waals surface area contributed by atoms with Gasteiger partial charge in [0, 0.05) is 19.3 Å². The van der Waals surface area contributed by atoms with Crippen LogP contribution in [0.5, 0.6) is 0 Å². The summed E-state index contributed by atoms with van der Waals surface area (Å²) < 4.78 is 0. The summed E-state index contributed by atoms with van der Waals surface area (Å²) in [6.07, 6.45) is 2.97. The minimum Gasteiger partial charge on any atom is -0.394 e. The fourth-order valence-corrected chi connectivity index (χ4v) is 2.43. The van der Waals surface area contributed by atoms with Crippen LogP contribution < -0.4 is 5.32 Å². The highest BCUT2D eigenvalue weighted by atomic mass is 35.5. The summed E-state index contributed by atoms with van der Waals surface area (Å²) in [6.45, 7) is 1.62. The third-order valence-electron chi connectivity index (χ3n) is 3.60. The predicted molar refractivity (Wildman–Crippen MR) is 73.3 cm³/mol. The number of halogens is 1. The van der Waals surface area contributed by atoms with E-state index in [1.165, 1.54) is 6.20 Å². The summed E-state index contributed by atoms with van der Waals surface area (Å²) in [6, 6.07) is 3.31. The maximum atomic E-state index is 12.2. The molecule has 0 unspecified atom stereocenters. The zero-order valence-electron chi connectivity index (χ0n) is 10.9. The number of amides is 1. The van der Waals surface area contributed by atoms with Gasteiger partial charge in [-0.1, -0.05) is 11.6 Å². The number of pyridine rings is 1. The normalized spacial score (nSPS) is 19.1. The van der Waals surface area contributed by atoms with E-state index in [1.807, 2.05) is 7.05 Å². The minimum absolute atomic E-state index is 0.0724. The van der Waals surface area contributed by atoms with E-state index in [0.29, 0.717) is 5.02 Å². The SMILES string of the molecule is CN1CCC(CO)(NC(=O)c2ncccc2Cl)CC1. The van der Waals surface area contributed by atoms with Gasteiger partial charge in [0.05, 0.1) is 17.2 Å². The van der Waals surface area contributed by atoms with Crippen molar-refractivity contribution in [3.05, 3.63) is 29.0 Å². The van der Waals surface area contributed by atoms with Crippen LogP contribution in [0.3, 0.4) is 0 Å². The molecule has 1 aliphatic rings. The molecule has 0 bridgehead atoms. The molecule has 2 N–H and O–H groups in total. The smallest absolute Gasteiger partial charge is 0.271 e. The van der Waals surface area contributed by atoms with E-state index in [0.717, 1.165) is 25.9 Å². The monoisotopic (exact) mass is 283 g/mol. The molecule has 1 saturated heterocycles. The Kier molecular flexibility index (Phi) is 4.39. The fourth-order valence-electron chi connectivity index (χ4n) is 2.22. The van der Waals surface area contributed by atoms with Gasteiger partial charge in [0.2, 0.25) is 0 Å². The lowest BCUT2D eigenvalue weighted by molar-refractivity contribution is 0.0659. The van der Waals surface area contributed by atoms with Crippen LogP contribution in [0.15, 0.2) is 18.3 Å². The summed E-state index contributed by atoms with van der Waals surface area (Å²) >= 11 is 5.95. The highest BCUT2D eigenvalue weighted by Gasteiger charge is 2.35. The molecule has 0 radical (unpaired) electrons. The van der Waals surface area contributed by atoms with Crippen molar-refractivity contribution in [3.8, 4) is 0 Å². The van der Waals surface area contributed by atoms with Gasteiger partial charge in [-0.05, 0) is 32.0 Å². The van der Waals surface area contributed by atoms with E-state index in [9.17, 15) is 9.90 Å². The number of piperidine rings is 1. The average molecular weight is 284 g/mol. The van der Waals surface area contributed by atoms with Gasteiger partial charge < -0.3 is 15.3 Å². The van der Waals surface area contributed by atoms with Crippen LogP contribution in [0.2, 0.25) is 5.02 Å². The number of hydrogen-bond donors (Lipinski definition) is 2. The zero-order valence-corrected chi connectivity index (χ0v) is 11.7. The number of hydrogen-bond acceptors (Lipinski definition) is 4. The predicted octanol–water partition coefficient (Wildman–Crippen LogP) is 0.921. The highest BCUT2D eigenvalue weighted by Crippen LogP contribution is 2.22. The van der Waals surface area contributed by atoms with Crippen molar-refractivity contribution in [2.24, 2.45) is 0 Å². The Morgan fingerprint density at radius 1 is 1.58 bits per heavy atom. The molecule has 0 aliphatic carbocycles. The third kappa shape index (κ3) is 3.23. The lowest BCUT2D eigenvalue weighted by Crippen LogP contribution is -2.57. The first-order chi connectivity index (χ1) is 9.06. The van der Waals surface area contributed by atoms with Gasteiger partial charge in [-0.15, -0.1) is 0 Å². The van der Waals surface area contributed by atoms with Gasteiger partial charge in [0.15, 0.2) is 0 Å². The van der Waals surface area contributed by atoms with Crippen LogP contribution in [0.4, 0.5) is 0 Å². The molecule has 1 aromatic rings. The number of aliphatic hydroxyl groups is 1. The van der Waals surface area contributed by atoms with Gasteiger partial charge in [-0.25, -0.2) is 4.98 Å². The van der Waals surface area contributed by atoms with Crippen molar-refractivity contribution in [1.29, 1.82) is 0 Å². The molecule has 2 heterocycles. The Balaban J connectivity index is 2.11. The number of carbonyl (C=O) groups excluding carboxylic acids is 1. The van der Waals surface area contributed by atoms with E-state index < -0.39 is 5.54 Å². The average Bonchev–Trinajstić information content (AvgIpc) is 2.42. The lowest BCUT2D eigenvalue weighted by atomic mass is 9.88. The van der Waals surface area contributed by atoms with Crippen LogP contribution in [-0.4, -0.2) is 53.2 Å². The molecular formula is C13H18ClN3O2. The number of carbonyl (C=O) groups is 1. The molecule has 104 valence electrons. The van der Waals surface area contributed by atoms with Crippen molar-refractivity contribution in [2.45, 2.75) is 18.4 Å². The van der Waals surface area contributed by atoms with Crippen LogP contribution in [-0.2, 0) is 0 Å². The Morgan fingerprint density at radius 2 is 2.26 bits per heavy atom. The molecule has 2 rings (SSSR count). The molecule has 0 atom stereocenters. The van der Waals surface area contributed by atoms with Crippen LogP contribution in [0, 0.1) is 0 Å². The molecule has 1 amide bonds. The second kappa shape index (κ2) is 5.86. The van der Waals surface area contributed by atoms with Crippen LogP contribution >= 0.6 is 11.6 Å². The number of nitrogens with zero attached hydrogens (tertiary/aromatic N) is 2. The van der Waals surface area contributed by atoms with E-state index in [4.69, 9.17) is 11.6 Å². The third-order valence-corrected chi connectivity index (χ3v) is 3.90. The molecule has 1 fully saturated rings. The molecule has 6 heteroatoms. The standard InChI is InChI=1S/C13H18ClN3O2/c1-17-7-4-13(9-18,5-8-17)16-12(19)11-10(14)3-2-6-15-11/h2-3,6,18H,4-5,7-9H2,1H3,(H,16,19). The number of aliphatic hydroxyl groups excluding tert-OH is 1. The summed E-state index contributed by atoms with van der Waals surface area (Å²) in [5, 5.41) is 12.8. The first-order valence-corrected chi connectivity index (χ1v) is 6.66. The van der Waals surface area contributed by atoms with E-state index in [-0.39, 0.29) is 18.2 Å². The van der Waals surface area contributed by atoms with Crippen molar-refractivity contribution in [3.63, 3.8) is 0 Å². The van der Waals surface area contributed by atoms with Crippen molar-refractivity contribution >= 4 is 17.5 Å². The van der Waals surface area contributed by atoms with Gasteiger partial charge >= 0.3 is 0 Å². The topological polar surface area (TPSA) is 65.5 Å². The second-order valence-electron chi connectivity index (χ2n) is 5.03. The minimum atomic E-state index is -0.565. The Hall–Kier alpha value is -1.17. The number of rotatable bonds is 3.